The highest BCUT2D eigenvalue weighted by Gasteiger charge is 2.15. The molecule has 0 aliphatic rings. The van der Waals surface area contributed by atoms with Crippen LogP contribution in [0.3, 0.4) is 0 Å². The fourth-order valence-corrected chi connectivity index (χ4v) is 4.92. The number of halogens is 3. The summed E-state index contributed by atoms with van der Waals surface area (Å²) in [4.78, 5) is 4.63. The normalized spacial score (nSPS) is 12.8. The maximum atomic E-state index is 6.55. The van der Waals surface area contributed by atoms with Crippen molar-refractivity contribution in [3.05, 3.63) is 62.0 Å². The molecule has 5 heteroatoms. The molecule has 0 amide bonds. The van der Waals surface area contributed by atoms with Crippen LogP contribution in [0.25, 0.3) is 10.2 Å². The number of hydrogen-bond acceptors (Lipinski definition) is 2. The minimum Gasteiger partial charge on any atom is -0.241 e. The summed E-state index contributed by atoms with van der Waals surface area (Å²) < 4.78 is 3.27. The number of hydrogen-bond donors (Lipinski definition) is 0. The van der Waals surface area contributed by atoms with Gasteiger partial charge in [0.05, 0.1) is 20.6 Å². The molecule has 3 aromatic rings. The van der Waals surface area contributed by atoms with Crippen molar-refractivity contribution in [3.8, 4) is 0 Å². The van der Waals surface area contributed by atoms with Crippen LogP contribution in [0.5, 0.6) is 0 Å². The molecule has 0 aliphatic carbocycles. The largest absolute Gasteiger partial charge is 0.241 e. The van der Waals surface area contributed by atoms with Gasteiger partial charge in [0.1, 0.15) is 0 Å². The molecule has 1 nitrogen and oxygen atoms in total. The predicted octanol–water partition coefficient (Wildman–Crippen LogP) is 6.34. The molecule has 0 saturated heterocycles. The highest BCUT2D eigenvalue weighted by molar-refractivity contribution is 9.11. The molecule has 3 rings (SSSR count). The van der Waals surface area contributed by atoms with Crippen LogP contribution in [0, 0.1) is 0 Å². The number of thiazole rings is 1. The summed E-state index contributed by atoms with van der Waals surface area (Å²) in [6, 6.07) is 14.2. The van der Waals surface area contributed by atoms with E-state index in [1.165, 1.54) is 4.70 Å². The quantitative estimate of drug-likeness (QED) is 0.441. The minimum atomic E-state index is -0.0852. The van der Waals surface area contributed by atoms with E-state index in [4.69, 9.17) is 11.6 Å². The van der Waals surface area contributed by atoms with Crippen molar-refractivity contribution < 1.29 is 0 Å². The zero-order valence-electron chi connectivity index (χ0n) is 10.3. The van der Waals surface area contributed by atoms with Gasteiger partial charge in [-0.05, 0) is 29.8 Å². The van der Waals surface area contributed by atoms with Gasteiger partial charge in [0.2, 0.25) is 0 Å². The molecule has 0 spiro atoms. The van der Waals surface area contributed by atoms with Gasteiger partial charge < -0.3 is 0 Å². The maximum absolute atomic E-state index is 6.55. The molecule has 0 aliphatic heterocycles. The first kappa shape index (κ1) is 14.5. The molecule has 1 atom stereocenters. The summed E-state index contributed by atoms with van der Waals surface area (Å²) in [6.07, 6.45) is 0.737. The number of fused-ring (bicyclic) bond motifs is 1. The second kappa shape index (κ2) is 6.14. The Morgan fingerprint density at radius 1 is 1.15 bits per heavy atom. The second-order valence-electron chi connectivity index (χ2n) is 4.41. The van der Waals surface area contributed by atoms with Gasteiger partial charge in [0.15, 0.2) is 0 Å². The lowest BCUT2D eigenvalue weighted by molar-refractivity contribution is 0.905. The third-order valence-electron chi connectivity index (χ3n) is 2.99. The monoisotopic (exact) mass is 429 g/mol. The van der Waals surface area contributed by atoms with Crippen molar-refractivity contribution in [2.24, 2.45) is 0 Å². The molecular weight excluding hydrogens is 422 g/mol. The Labute approximate surface area is 143 Å². The van der Waals surface area contributed by atoms with Crippen LogP contribution in [0.15, 0.2) is 51.4 Å². The summed E-state index contributed by atoms with van der Waals surface area (Å²) in [7, 11) is 0. The van der Waals surface area contributed by atoms with Crippen LogP contribution in [-0.2, 0) is 6.42 Å². The Morgan fingerprint density at radius 2 is 1.95 bits per heavy atom. The SMILES string of the molecule is ClC(Cc1nc2ccccc2s1)c1ccc(Br)cc1Br. The first-order valence-electron chi connectivity index (χ1n) is 6.07. The zero-order valence-corrected chi connectivity index (χ0v) is 15.1. The van der Waals surface area contributed by atoms with Gasteiger partial charge in [-0.25, -0.2) is 4.98 Å². The van der Waals surface area contributed by atoms with Crippen molar-refractivity contribution in [2.45, 2.75) is 11.8 Å². The lowest BCUT2D eigenvalue weighted by Crippen LogP contribution is -1.96. The molecule has 0 radical (unpaired) electrons. The van der Waals surface area contributed by atoms with Crippen LogP contribution in [-0.4, -0.2) is 4.98 Å². The van der Waals surface area contributed by atoms with E-state index in [0.717, 1.165) is 31.5 Å². The molecule has 0 N–H and O–H groups in total. The molecule has 2 aromatic carbocycles. The van der Waals surface area contributed by atoms with E-state index < -0.39 is 0 Å². The fourth-order valence-electron chi connectivity index (χ4n) is 2.03. The van der Waals surface area contributed by atoms with Crippen LogP contribution < -0.4 is 0 Å². The highest BCUT2D eigenvalue weighted by atomic mass is 79.9. The molecule has 102 valence electrons. The van der Waals surface area contributed by atoms with E-state index in [-0.39, 0.29) is 5.38 Å². The van der Waals surface area contributed by atoms with Crippen LogP contribution >= 0.6 is 54.8 Å². The van der Waals surface area contributed by atoms with Crippen molar-refractivity contribution in [3.63, 3.8) is 0 Å². The van der Waals surface area contributed by atoms with Crippen LogP contribution in [0.2, 0.25) is 0 Å². The van der Waals surface area contributed by atoms with E-state index >= 15 is 0 Å². The summed E-state index contributed by atoms with van der Waals surface area (Å²) in [5.41, 5.74) is 2.14. The number of para-hydroxylation sites is 1. The number of rotatable bonds is 3. The Kier molecular flexibility index (Phi) is 4.46. The summed E-state index contributed by atoms with van der Waals surface area (Å²) in [5.74, 6) is 0. The van der Waals surface area contributed by atoms with E-state index in [9.17, 15) is 0 Å². The predicted molar refractivity (Wildman–Crippen MR) is 93.8 cm³/mol. The van der Waals surface area contributed by atoms with Crippen LogP contribution in [0.1, 0.15) is 15.9 Å². The third kappa shape index (κ3) is 3.08. The van der Waals surface area contributed by atoms with Gasteiger partial charge in [-0.15, -0.1) is 22.9 Å². The first-order chi connectivity index (χ1) is 9.63. The van der Waals surface area contributed by atoms with Crippen molar-refractivity contribution in [2.75, 3.05) is 0 Å². The number of benzene rings is 2. The standard InChI is InChI=1S/C15H10Br2ClNS/c16-9-5-6-10(11(17)7-9)12(18)8-15-19-13-3-1-2-4-14(13)20-15/h1-7,12H,8H2. The Bertz CT molecular complexity index is 723. The summed E-state index contributed by atoms with van der Waals surface area (Å²) >= 11 is 15.3. The Hall–Kier alpha value is -0.420. The lowest BCUT2D eigenvalue weighted by atomic mass is 10.1. The topological polar surface area (TPSA) is 12.9 Å². The van der Waals surface area contributed by atoms with E-state index in [1.54, 1.807) is 11.3 Å². The molecule has 0 bridgehead atoms. The molecule has 1 heterocycles. The third-order valence-corrected chi connectivity index (χ3v) is 5.62. The Morgan fingerprint density at radius 3 is 2.70 bits per heavy atom. The molecule has 20 heavy (non-hydrogen) atoms. The van der Waals surface area contributed by atoms with E-state index in [2.05, 4.69) is 42.9 Å². The molecule has 0 fully saturated rings. The average Bonchev–Trinajstić information content (AvgIpc) is 2.80. The smallest absolute Gasteiger partial charge is 0.0956 e. The van der Waals surface area contributed by atoms with E-state index in [1.807, 2.05) is 36.4 Å². The van der Waals surface area contributed by atoms with Gasteiger partial charge in [-0.2, -0.15) is 0 Å². The molecule has 0 saturated carbocycles. The molecule has 1 aromatic heterocycles. The average molecular weight is 432 g/mol. The number of alkyl halides is 1. The zero-order chi connectivity index (χ0) is 14.1. The lowest BCUT2D eigenvalue weighted by Gasteiger charge is -2.10. The van der Waals surface area contributed by atoms with E-state index in [0.29, 0.717) is 0 Å². The van der Waals surface area contributed by atoms with Gasteiger partial charge in [-0.1, -0.05) is 50.1 Å². The van der Waals surface area contributed by atoms with Crippen molar-refractivity contribution in [1.29, 1.82) is 0 Å². The van der Waals surface area contributed by atoms with Gasteiger partial charge in [-0.3, -0.25) is 0 Å². The number of aromatic nitrogens is 1. The van der Waals surface area contributed by atoms with Crippen LogP contribution in [0.4, 0.5) is 0 Å². The van der Waals surface area contributed by atoms with Gasteiger partial charge in [0, 0.05) is 15.4 Å². The highest BCUT2D eigenvalue weighted by Crippen LogP contribution is 2.34. The summed E-state index contributed by atoms with van der Waals surface area (Å²) in [5, 5.41) is 0.985. The Balaban J connectivity index is 1.86. The van der Waals surface area contributed by atoms with Gasteiger partial charge in [0.25, 0.3) is 0 Å². The maximum Gasteiger partial charge on any atom is 0.0956 e. The van der Waals surface area contributed by atoms with Crippen molar-refractivity contribution in [1.82, 2.24) is 4.98 Å². The van der Waals surface area contributed by atoms with Gasteiger partial charge >= 0.3 is 0 Å². The fraction of sp³-hybridized carbons (Fsp3) is 0.133. The van der Waals surface area contributed by atoms with Crippen molar-refractivity contribution >= 4 is 65.0 Å². The second-order valence-corrected chi connectivity index (χ2v) is 7.82. The first-order valence-corrected chi connectivity index (χ1v) is 8.91. The molecular formula is C15H10Br2ClNS. The minimum absolute atomic E-state index is 0.0852. The number of nitrogens with zero attached hydrogens (tertiary/aromatic N) is 1. The summed E-state index contributed by atoms with van der Waals surface area (Å²) in [6.45, 7) is 0. The molecule has 1 unspecified atom stereocenters.